The van der Waals surface area contributed by atoms with Gasteiger partial charge in [0.15, 0.2) is 11.5 Å². The van der Waals surface area contributed by atoms with Gasteiger partial charge in [-0.1, -0.05) is 30.3 Å². The molecule has 1 atom stereocenters. The van der Waals surface area contributed by atoms with E-state index in [9.17, 15) is 8.42 Å². The number of hydrogen-bond donors (Lipinski definition) is 1. The summed E-state index contributed by atoms with van der Waals surface area (Å²) in [5, 5.41) is 0. The van der Waals surface area contributed by atoms with Gasteiger partial charge in [0.25, 0.3) is 0 Å². The zero-order valence-corrected chi connectivity index (χ0v) is 14.7. The first-order valence-electron chi connectivity index (χ1n) is 8.57. The molecule has 4 rings (SSSR count). The highest BCUT2D eigenvalue weighted by Gasteiger charge is 2.27. The van der Waals surface area contributed by atoms with E-state index in [4.69, 9.17) is 9.47 Å². The van der Waals surface area contributed by atoms with Crippen LogP contribution in [0.15, 0.2) is 42.5 Å². The highest BCUT2D eigenvalue weighted by molar-refractivity contribution is 7.88. The molecule has 1 heterocycles. The van der Waals surface area contributed by atoms with Crippen molar-refractivity contribution in [3.63, 3.8) is 0 Å². The topological polar surface area (TPSA) is 64.6 Å². The monoisotopic (exact) mass is 359 g/mol. The molecule has 6 heteroatoms. The van der Waals surface area contributed by atoms with Gasteiger partial charge in [0.2, 0.25) is 10.0 Å². The van der Waals surface area contributed by atoms with Crippen LogP contribution in [0.2, 0.25) is 0 Å². The van der Waals surface area contributed by atoms with E-state index < -0.39 is 10.0 Å². The van der Waals surface area contributed by atoms with Crippen molar-refractivity contribution in [1.82, 2.24) is 4.72 Å². The summed E-state index contributed by atoms with van der Waals surface area (Å²) in [4.78, 5) is 0. The number of hydrogen-bond acceptors (Lipinski definition) is 4. The van der Waals surface area contributed by atoms with E-state index in [0.717, 1.165) is 41.7 Å². The normalized spacial score (nSPS) is 19.3. The Morgan fingerprint density at radius 1 is 1.04 bits per heavy atom. The second-order valence-electron chi connectivity index (χ2n) is 6.50. The van der Waals surface area contributed by atoms with Crippen LogP contribution in [0.3, 0.4) is 0 Å². The average Bonchev–Trinajstić information content (AvgIpc) is 2.60. The first kappa shape index (κ1) is 16.4. The number of ether oxygens (including phenoxy) is 2. The number of nitrogens with one attached hydrogen (secondary N) is 1. The van der Waals surface area contributed by atoms with E-state index in [1.807, 2.05) is 42.5 Å². The van der Waals surface area contributed by atoms with Crippen LogP contribution in [0.5, 0.6) is 11.5 Å². The number of sulfonamides is 1. The molecule has 2 aromatic rings. The summed E-state index contributed by atoms with van der Waals surface area (Å²) in [5.41, 5.74) is 2.93. The Hall–Kier alpha value is -2.05. The second-order valence-corrected chi connectivity index (χ2v) is 8.26. The Bertz CT molecular complexity index is 864. The minimum Gasteiger partial charge on any atom is -0.486 e. The highest BCUT2D eigenvalue weighted by Crippen LogP contribution is 2.39. The average molecular weight is 359 g/mol. The lowest BCUT2D eigenvalue weighted by Crippen LogP contribution is -2.32. The molecule has 2 aromatic carbocycles. The first-order valence-corrected chi connectivity index (χ1v) is 10.2. The van der Waals surface area contributed by atoms with E-state index in [1.54, 1.807) is 0 Å². The van der Waals surface area contributed by atoms with Crippen LogP contribution in [-0.2, 0) is 22.2 Å². The van der Waals surface area contributed by atoms with Gasteiger partial charge in [-0.3, -0.25) is 0 Å². The number of benzene rings is 2. The van der Waals surface area contributed by atoms with Crippen LogP contribution in [-0.4, -0.2) is 21.6 Å². The van der Waals surface area contributed by atoms with Crippen molar-refractivity contribution in [2.24, 2.45) is 0 Å². The maximum absolute atomic E-state index is 12.6. The van der Waals surface area contributed by atoms with E-state index >= 15 is 0 Å². The third kappa shape index (κ3) is 3.65. The summed E-state index contributed by atoms with van der Waals surface area (Å²) >= 11 is 0. The second kappa shape index (κ2) is 6.69. The molecule has 25 heavy (non-hydrogen) atoms. The Morgan fingerprint density at radius 3 is 2.52 bits per heavy atom. The van der Waals surface area contributed by atoms with Crippen LogP contribution < -0.4 is 14.2 Å². The lowest BCUT2D eigenvalue weighted by atomic mass is 9.88. The van der Waals surface area contributed by atoms with Gasteiger partial charge in [0.05, 0.1) is 5.75 Å². The minimum absolute atomic E-state index is 0.00970. The third-order valence-corrected chi connectivity index (χ3v) is 6.00. The van der Waals surface area contributed by atoms with E-state index in [-0.39, 0.29) is 11.8 Å². The maximum Gasteiger partial charge on any atom is 0.216 e. The molecule has 0 spiro atoms. The lowest BCUT2D eigenvalue weighted by Gasteiger charge is -2.29. The zero-order valence-electron chi connectivity index (χ0n) is 13.9. The van der Waals surface area contributed by atoms with Gasteiger partial charge < -0.3 is 9.47 Å². The van der Waals surface area contributed by atoms with E-state index in [0.29, 0.717) is 19.0 Å². The first-order chi connectivity index (χ1) is 12.1. The van der Waals surface area contributed by atoms with Gasteiger partial charge in [-0.2, -0.15) is 0 Å². The fourth-order valence-electron chi connectivity index (χ4n) is 3.51. The van der Waals surface area contributed by atoms with E-state index in [1.165, 1.54) is 0 Å². The Labute approximate surface area is 148 Å². The van der Waals surface area contributed by atoms with Gasteiger partial charge in [-0.05, 0) is 48.1 Å². The molecule has 132 valence electrons. The Balaban J connectivity index is 1.58. The van der Waals surface area contributed by atoms with Crippen molar-refractivity contribution < 1.29 is 17.9 Å². The van der Waals surface area contributed by atoms with Gasteiger partial charge in [0, 0.05) is 6.04 Å². The molecule has 0 fully saturated rings. The van der Waals surface area contributed by atoms with Crippen LogP contribution in [0.4, 0.5) is 0 Å². The summed E-state index contributed by atoms with van der Waals surface area (Å²) in [6, 6.07) is 13.0. The summed E-state index contributed by atoms with van der Waals surface area (Å²) in [5.74, 6) is 1.46. The third-order valence-electron chi connectivity index (χ3n) is 4.64. The highest BCUT2D eigenvalue weighted by atomic mass is 32.2. The van der Waals surface area contributed by atoms with Crippen LogP contribution in [0.25, 0.3) is 0 Å². The number of fused-ring (bicyclic) bond motifs is 2. The van der Waals surface area contributed by atoms with Crippen molar-refractivity contribution in [3.8, 4) is 11.5 Å². The summed E-state index contributed by atoms with van der Waals surface area (Å²) in [6.45, 7) is 1.08. The molecule has 0 aromatic heterocycles. The Morgan fingerprint density at radius 2 is 1.76 bits per heavy atom. The largest absolute Gasteiger partial charge is 0.486 e. The molecule has 1 N–H and O–H groups in total. The summed E-state index contributed by atoms with van der Waals surface area (Å²) in [6.07, 6.45) is 2.68. The van der Waals surface area contributed by atoms with E-state index in [2.05, 4.69) is 4.72 Å². The molecule has 2 aliphatic rings. The lowest BCUT2D eigenvalue weighted by molar-refractivity contribution is 0.171. The van der Waals surface area contributed by atoms with Gasteiger partial charge in [0.1, 0.15) is 13.2 Å². The SMILES string of the molecule is O=S(=O)(Cc1ccccc1)NC1CCCc2cc3c(cc21)OCCO3. The molecule has 0 bridgehead atoms. The van der Waals surface area contributed by atoms with Crippen molar-refractivity contribution in [3.05, 3.63) is 59.2 Å². The van der Waals surface area contributed by atoms with Crippen LogP contribution in [0.1, 0.15) is 35.6 Å². The maximum atomic E-state index is 12.6. The molecule has 5 nitrogen and oxygen atoms in total. The molecule has 1 aliphatic heterocycles. The zero-order chi connectivity index (χ0) is 17.3. The Kier molecular flexibility index (Phi) is 4.39. The van der Waals surface area contributed by atoms with Crippen molar-refractivity contribution in [2.75, 3.05) is 13.2 Å². The molecule has 0 amide bonds. The summed E-state index contributed by atoms with van der Waals surface area (Å²) < 4.78 is 39.4. The van der Waals surface area contributed by atoms with Crippen molar-refractivity contribution in [2.45, 2.75) is 31.1 Å². The van der Waals surface area contributed by atoms with Crippen molar-refractivity contribution in [1.29, 1.82) is 0 Å². The van der Waals surface area contributed by atoms with Gasteiger partial charge in [-0.15, -0.1) is 0 Å². The number of rotatable bonds is 4. The quantitative estimate of drug-likeness (QED) is 0.912. The van der Waals surface area contributed by atoms with Crippen LogP contribution >= 0.6 is 0 Å². The molecular weight excluding hydrogens is 338 g/mol. The predicted octanol–water partition coefficient (Wildman–Crippen LogP) is 2.95. The molecule has 0 radical (unpaired) electrons. The van der Waals surface area contributed by atoms with Crippen LogP contribution in [0, 0.1) is 0 Å². The fraction of sp³-hybridized carbons (Fsp3) is 0.368. The molecule has 0 saturated heterocycles. The predicted molar refractivity (Wildman–Crippen MR) is 95.3 cm³/mol. The van der Waals surface area contributed by atoms with Gasteiger partial charge in [-0.25, -0.2) is 13.1 Å². The molecule has 1 aliphatic carbocycles. The van der Waals surface area contributed by atoms with Gasteiger partial charge >= 0.3 is 0 Å². The smallest absolute Gasteiger partial charge is 0.216 e. The standard InChI is InChI=1S/C19H21NO4S/c21-25(22,13-14-5-2-1-3-6-14)20-17-8-4-7-15-11-18-19(12-16(15)17)24-10-9-23-18/h1-3,5-6,11-12,17,20H,4,7-10,13H2. The molecule has 1 unspecified atom stereocenters. The fourth-order valence-corrected chi connectivity index (χ4v) is 4.91. The minimum atomic E-state index is -3.42. The molecular formula is C19H21NO4S. The van der Waals surface area contributed by atoms with Crippen molar-refractivity contribution >= 4 is 10.0 Å². The number of aryl methyl sites for hydroxylation is 1. The molecule has 0 saturated carbocycles. The summed E-state index contributed by atoms with van der Waals surface area (Å²) in [7, 11) is -3.42.